The van der Waals surface area contributed by atoms with E-state index >= 15 is 0 Å². The van der Waals surface area contributed by atoms with Crippen LogP contribution in [0.3, 0.4) is 0 Å². The zero-order chi connectivity index (χ0) is 55.7. The van der Waals surface area contributed by atoms with E-state index in [2.05, 4.69) is 20.8 Å². The van der Waals surface area contributed by atoms with Crippen molar-refractivity contribution in [2.75, 3.05) is 11.9 Å². The van der Waals surface area contributed by atoms with E-state index in [0.29, 0.717) is 40.3 Å². The van der Waals surface area contributed by atoms with Crippen molar-refractivity contribution in [3.05, 3.63) is 106 Å². The molecule has 0 saturated carbocycles. The summed E-state index contributed by atoms with van der Waals surface area (Å²) in [6.07, 6.45) is -0.759. The van der Waals surface area contributed by atoms with E-state index in [-0.39, 0.29) is 53.7 Å². The lowest BCUT2D eigenvalue weighted by Crippen LogP contribution is -2.59. The number of hydrogen-bond donors (Lipinski definition) is 2. The van der Waals surface area contributed by atoms with Crippen LogP contribution in [0.25, 0.3) is 0 Å². The number of amides is 4. The Kier molecular flexibility index (Phi) is 13.6. The number of hydrogen-bond acceptors (Lipinski definition) is 19. The average molecular weight is 1090 g/mol. The minimum Gasteiger partial charge on any atom is -0.457 e. The highest BCUT2D eigenvalue weighted by Gasteiger charge is 2.65. The Morgan fingerprint density at radius 1 is 0.756 bits per heavy atom. The number of anilines is 1. The standard InChI is InChI=1S/C55H60N6O16S/c1-50(2,3)74-46(66)53(24-33-20-21-34(25-53)70-33)77-59-41(37-29-78-48(57-37)58-49(68)76-52(7,8)9)42(62)56-36-28-69-61(44(36)64)54(47(67)75-51(4,5)6)26-38(45(65)73-54)60-27-30-22-39-40(23-35(30)43(60)63)72-55(71-39,31-16-12-10-13-17-31)32-18-14-11-15-19-32/h10-19,22-23,29,33-34,36,38H,20-21,24-28H2,1-9H3,(H,56,62)(H,57,58,68)/b59-41-/t33?,34?,36-,38-,53?,54?/m0/s1. The van der Waals surface area contributed by atoms with Crippen LogP contribution in [0.5, 0.6) is 11.5 Å². The van der Waals surface area contributed by atoms with Gasteiger partial charge in [0.2, 0.25) is 5.60 Å². The Labute approximate surface area is 452 Å². The number of nitrogens with zero attached hydrogens (tertiary/aromatic N) is 4. The molecule has 2 bridgehead atoms. The minimum absolute atomic E-state index is 0.00701. The first-order valence-corrected chi connectivity index (χ1v) is 26.4. The summed E-state index contributed by atoms with van der Waals surface area (Å²) in [5.41, 5.74) is -5.78. The first-order valence-electron chi connectivity index (χ1n) is 25.6. The average Bonchev–Trinajstić information content (AvgIpc) is 4.41. The molecule has 0 aliphatic carbocycles. The third-order valence-electron chi connectivity index (χ3n) is 13.4. The van der Waals surface area contributed by atoms with E-state index in [9.17, 15) is 33.6 Å². The van der Waals surface area contributed by atoms with E-state index in [1.54, 1.807) is 74.4 Å². The Morgan fingerprint density at radius 3 is 1.95 bits per heavy atom. The van der Waals surface area contributed by atoms with Crippen molar-refractivity contribution < 1.29 is 76.4 Å². The molecule has 4 aromatic rings. The molecule has 1 aromatic heterocycles. The summed E-state index contributed by atoms with van der Waals surface area (Å²) in [7, 11) is 0. The molecule has 4 amide bonds. The van der Waals surface area contributed by atoms with Crippen LogP contribution in [-0.2, 0) is 69.7 Å². The second-order valence-corrected chi connectivity index (χ2v) is 23.7. The van der Waals surface area contributed by atoms with Gasteiger partial charge in [0.25, 0.3) is 17.7 Å². The van der Waals surface area contributed by atoms with Crippen LogP contribution in [0, 0.1) is 0 Å². The fourth-order valence-electron chi connectivity index (χ4n) is 10.1. The maximum Gasteiger partial charge on any atom is 0.413 e. The second kappa shape index (κ2) is 19.7. The number of rotatable bonds is 12. The number of benzene rings is 3. The van der Waals surface area contributed by atoms with Crippen molar-refractivity contribution in [1.29, 1.82) is 0 Å². The normalized spacial score (nSPS) is 25.3. The van der Waals surface area contributed by atoms with Gasteiger partial charge in [-0.15, -0.1) is 11.3 Å². The Bertz CT molecular complexity index is 3060. The van der Waals surface area contributed by atoms with Gasteiger partial charge >= 0.3 is 35.5 Å². The van der Waals surface area contributed by atoms with Crippen molar-refractivity contribution >= 4 is 63.9 Å². The largest absolute Gasteiger partial charge is 0.457 e. The summed E-state index contributed by atoms with van der Waals surface area (Å²) < 4.78 is 42.1. The van der Waals surface area contributed by atoms with E-state index in [0.717, 1.165) is 11.3 Å². The summed E-state index contributed by atoms with van der Waals surface area (Å²) in [6, 6.07) is 18.9. The summed E-state index contributed by atoms with van der Waals surface area (Å²) >= 11 is 0.922. The predicted molar refractivity (Wildman–Crippen MR) is 274 cm³/mol. The SMILES string of the molecule is CC(C)(C)OC(=O)Nc1nc(/C(=N/OC2(C(=O)OC(C)(C)C)CC3CCC(C2)O3)C(=O)N[C@H]2CON(C3(C(=O)OC(C)(C)C)C[C@H](N4Cc5cc6c(cc5C4=O)OC(c4ccccc4)(c4ccccc4)O6)C(=O)O3)C2=O)cs1. The molecular weight excluding hydrogens is 1030 g/mol. The number of oxime groups is 1. The number of nitrogens with one attached hydrogen (secondary N) is 2. The monoisotopic (exact) mass is 1090 g/mol. The van der Waals surface area contributed by atoms with Crippen molar-refractivity contribution in [2.24, 2.45) is 5.16 Å². The molecule has 3 aromatic carbocycles. The van der Waals surface area contributed by atoms with Gasteiger partial charge in [0.05, 0.1) is 18.6 Å². The number of carbonyl (C=O) groups is 7. The molecule has 0 spiro atoms. The van der Waals surface area contributed by atoms with Crippen molar-refractivity contribution in [3.63, 3.8) is 0 Å². The fraction of sp³-hybridized carbons (Fsp3) is 0.473. The lowest BCUT2D eigenvalue weighted by Gasteiger charge is -2.38. The topological polar surface area (TPSA) is 258 Å². The second-order valence-electron chi connectivity index (χ2n) is 22.9. The van der Waals surface area contributed by atoms with Crippen molar-refractivity contribution in [2.45, 2.75) is 159 Å². The maximum atomic E-state index is 14.7. The van der Waals surface area contributed by atoms with Crippen LogP contribution in [0.2, 0.25) is 0 Å². The number of carbonyl (C=O) groups excluding carboxylic acids is 7. The van der Waals surface area contributed by atoms with E-state index < -0.39 is 106 Å². The van der Waals surface area contributed by atoms with Gasteiger partial charge in [-0.2, -0.15) is 5.06 Å². The van der Waals surface area contributed by atoms with Crippen LogP contribution in [0.4, 0.5) is 9.93 Å². The predicted octanol–water partition coefficient (Wildman–Crippen LogP) is 6.57. The van der Waals surface area contributed by atoms with Gasteiger partial charge in [0, 0.05) is 41.5 Å². The third-order valence-corrected chi connectivity index (χ3v) is 14.1. The highest BCUT2D eigenvalue weighted by Crippen LogP contribution is 2.51. The van der Waals surface area contributed by atoms with E-state index in [1.807, 2.05) is 60.7 Å². The van der Waals surface area contributed by atoms with E-state index in [4.69, 9.17) is 42.8 Å². The van der Waals surface area contributed by atoms with Crippen molar-refractivity contribution in [3.8, 4) is 11.5 Å². The Hall–Kier alpha value is -7.63. The highest BCUT2D eigenvalue weighted by atomic mass is 32.1. The van der Waals surface area contributed by atoms with Gasteiger partial charge in [-0.1, -0.05) is 65.8 Å². The quantitative estimate of drug-likeness (QED) is 0.0658. The molecule has 5 atom stereocenters. The van der Waals surface area contributed by atoms with Gasteiger partial charge in [0.1, 0.15) is 41.2 Å². The minimum atomic E-state index is -2.60. The Morgan fingerprint density at radius 2 is 1.35 bits per heavy atom. The summed E-state index contributed by atoms with van der Waals surface area (Å²) in [4.78, 5) is 117. The summed E-state index contributed by atoms with van der Waals surface area (Å²) in [5.74, 6) is -6.37. The van der Waals surface area contributed by atoms with Crippen LogP contribution < -0.4 is 20.1 Å². The molecule has 4 saturated heterocycles. The molecule has 7 heterocycles. The molecular formula is C55H60N6O16S. The van der Waals surface area contributed by atoms with Crippen LogP contribution in [0.15, 0.2) is 83.3 Å². The first kappa shape index (κ1) is 53.8. The van der Waals surface area contributed by atoms with Gasteiger partial charge in [-0.25, -0.2) is 24.2 Å². The molecule has 6 aliphatic heterocycles. The number of cyclic esters (lactones) is 1. The molecule has 23 heteroatoms. The number of esters is 3. The lowest BCUT2D eigenvalue weighted by atomic mass is 9.90. The molecule has 10 rings (SSSR count). The number of thiazole rings is 1. The van der Waals surface area contributed by atoms with Gasteiger partial charge in [-0.3, -0.25) is 24.5 Å². The summed E-state index contributed by atoms with van der Waals surface area (Å²) in [6.45, 7) is 14.2. The smallest absolute Gasteiger partial charge is 0.413 e. The highest BCUT2D eigenvalue weighted by molar-refractivity contribution is 7.14. The molecule has 412 valence electrons. The Balaban J connectivity index is 0.910. The van der Waals surface area contributed by atoms with Gasteiger partial charge < -0.3 is 48.2 Å². The van der Waals surface area contributed by atoms with Gasteiger partial charge in [0.15, 0.2) is 22.3 Å². The third kappa shape index (κ3) is 10.4. The summed E-state index contributed by atoms with van der Waals surface area (Å²) in [5, 5.41) is 11.3. The molecule has 22 nitrogen and oxygen atoms in total. The molecule has 6 aliphatic rings. The molecule has 2 N–H and O–H groups in total. The van der Waals surface area contributed by atoms with Crippen LogP contribution in [-0.4, -0.2) is 121 Å². The number of fused-ring (bicyclic) bond motifs is 4. The fourth-order valence-corrected chi connectivity index (χ4v) is 10.8. The maximum absolute atomic E-state index is 14.7. The van der Waals surface area contributed by atoms with Gasteiger partial charge in [-0.05, 0) is 92.9 Å². The number of hydroxylamine groups is 2. The molecule has 78 heavy (non-hydrogen) atoms. The molecule has 4 fully saturated rings. The van der Waals surface area contributed by atoms with Crippen molar-refractivity contribution in [1.82, 2.24) is 20.3 Å². The lowest BCUT2D eigenvalue weighted by molar-refractivity contribution is -0.263. The molecule has 3 unspecified atom stereocenters. The number of ether oxygens (including phenoxy) is 7. The number of aromatic nitrogens is 1. The molecule has 0 radical (unpaired) electrons. The zero-order valence-electron chi connectivity index (χ0n) is 44.5. The van der Waals surface area contributed by atoms with Crippen LogP contribution in [0.1, 0.15) is 127 Å². The zero-order valence-corrected chi connectivity index (χ0v) is 45.3. The van der Waals surface area contributed by atoms with E-state index in [1.165, 1.54) is 10.3 Å². The van der Waals surface area contributed by atoms with Crippen LogP contribution >= 0.6 is 11.3 Å². The first-order chi connectivity index (χ1) is 36.7.